The fourth-order valence-corrected chi connectivity index (χ4v) is 0.915. The van der Waals surface area contributed by atoms with Gasteiger partial charge in [-0.3, -0.25) is 4.79 Å². The molecule has 0 saturated carbocycles. The highest BCUT2D eigenvalue weighted by molar-refractivity contribution is 6.32. The second-order valence-corrected chi connectivity index (χ2v) is 2.48. The highest BCUT2D eigenvalue weighted by Crippen LogP contribution is 2.09. The van der Waals surface area contributed by atoms with Gasteiger partial charge in [0, 0.05) is 12.7 Å². The zero-order valence-electron chi connectivity index (χ0n) is 7.21. The van der Waals surface area contributed by atoms with Crippen molar-refractivity contribution in [2.75, 3.05) is 11.9 Å². The molecule has 68 valence electrons. The van der Waals surface area contributed by atoms with E-state index in [1.54, 1.807) is 19.2 Å². The van der Waals surface area contributed by atoms with Crippen LogP contribution >= 0.6 is 0 Å². The summed E-state index contributed by atoms with van der Waals surface area (Å²) in [5.74, 6) is -0.367. The van der Waals surface area contributed by atoms with Gasteiger partial charge in [-0.2, -0.15) is 0 Å². The monoisotopic (exact) mass is 178 g/mol. The molecular weight excluding hydrogens is 168 g/mol. The number of amides is 1. The van der Waals surface area contributed by atoms with Crippen LogP contribution in [0.1, 0.15) is 0 Å². The van der Waals surface area contributed by atoms with E-state index >= 15 is 0 Å². The van der Waals surface area contributed by atoms with Gasteiger partial charge in [0.25, 0.3) is 5.91 Å². The average Bonchev–Trinajstić information content (AvgIpc) is 2.18. The van der Waals surface area contributed by atoms with Gasteiger partial charge in [0.1, 0.15) is 6.21 Å². The molecule has 1 aromatic rings. The van der Waals surface area contributed by atoms with Crippen molar-refractivity contribution in [1.82, 2.24) is 0 Å². The molecule has 0 aliphatic carbocycles. The van der Waals surface area contributed by atoms with Crippen LogP contribution in [0.3, 0.4) is 0 Å². The number of rotatable bonds is 2. The summed E-state index contributed by atoms with van der Waals surface area (Å²) in [7, 11) is 1.61. The summed E-state index contributed by atoms with van der Waals surface area (Å²) in [5.41, 5.74) is 0.757. The van der Waals surface area contributed by atoms with E-state index in [1.807, 2.05) is 18.2 Å². The summed E-state index contributed by atoms with van der Waals surface area (Å²) in [6.07, 6.45) is 0.854. The fraction of sp³-hybridized carbons (Fsp3) is 0.111. The third-order valence-electron chi connectivity index (χ3n) is 1.64. The largest absolute Gasteiger partial charge is 0.411 e. The van der Waals surface area contributed by atoms with Crippen molar-refractivity contribution in [2.45, 2.75) is 0 Å². The minimum absolute atomic E-state index is 0.367. The average molecular weight is 178 g/mol. The lowest BCUT2D eigenvalue weighted by atomic mass is 10.3. The van der Waals surface area contributed by atoms with E-state index in [2.05, 4.69) is 5.16 Å². The zero-order valence-corrected chi connectivity index (χ0v) is 7.21. The maximum absolute atomic E-state index is 11.2. The van der Waals surface area contributed by atoms with Gasteiger partial charge in [0.15, 0.2) is 0 Å². The van der Waals surface area contributed by atoms with Crippen molar-refractivity contribution in [3.8, 4) is 0 Å². The van der Waals surface area contributed by atoms with Crippen LogP contribution in [-0.2, 0) is 4.79 Å². The van der Waals surface area contributed by atoms with Crippen molar-refractivity contribution in [3.05, 3.63) is 30.3 Å². The summed E-state index contributed by atoms with van der Waals surface area (Å²) in [5, 5.41) is 10.8. The fourth-order valence-electron chi connectivity index (χ4n) is 0.915. The van der Waals surface area contributed by atoms with Crippen molar-refractivity contribution < 1.29 is 10.0 Å². The Morgan fingerprint density at radius 1 is 1.46 bits per heavy atom. The second kappa shape index (κ2) is 4.25. The first-order valence-corrected chi connectivity index (χ1v) is 3.76. The summed E-state index contributed by atoms with van der Waals surface area (Å²) in [4.78, 5) is 12.5. The first-order chi connectivity index (χ1) is 6.25. The molecule has 0 aliphatic rings. The molecule has 0 aliphatic heterocycles. The van der Waals surface area contributed by atoms with Gasteiger partial charge >= 0.3 is 0 Å². The number of para-hydroxylation sites is 1. The molecule has 1 rings (SSSR count). The molecule has 0 fully saturated rings. The number of hydrogen-bond donors (Lipinski definition) is 1. The maximum Gasteiger partial charge on any atom is 0.272 e. The van der Waals surface area contributed by atoms with Gasteiger partial charge in [-0.25, -0.2) is 0 Å². The van der Waals surface area contributed by atoms with Gasteiger partial charge in [-0.15, -0.1) is 0 Å². The molecule has 4 nitrogen and oxygen atoms in total. The van der Waals surface area contributed by atoms with Crippen LogP contribution in [0.2, 0.25) is 0 Å². The zero-order chi connectivity index (χ0) is 9.68. The van der Waals surface area contributed by atoms with Crippen LogP contribution in [0.15, 0.2) is 35.5 Å². The Kier molecular flexibility index (Phi) is 3.03. The lowest BCUT2D eigenvalue weighted by Crippen LogP contribution is -2.26. The first-order valence-electron chi connectivity index (χ1n) is 3.76. The van der Waals surface area contributed by atoms with Crippen molar-refractivity contribution in [3.63, 3.8) is 0 Å². The highest BCUT2D eigenvalue weighted by Gasteiger charge is 2.06. The van der Waals surface area contributed by atoms with Crippen molar-refractivity contribution in [1.29, 1.82) is 0 Å². The first kappa shape index (κ1) is 9.25. The molecule has 0 aromatic heterocycles. The van der Waals surface area contributed by atoms with Crippen LogP contribution in [-0.4, -0.2) is 24.4 Å². The van der Waals surface area contributed by atoms with Gasteiger partial charge in [0.2, 0.25) is 0 Å². The predicted octanol–water partition coefficient (Wildman–Crippen LogP) is 1.11. The van der Waals surface area contributed by atoms with Crippen molar-refractivity contribution in [2.24, 2.45) is 5.16 Å². The van der Waals surface area contributed by atoms with E-state index < -0.39 is 0 Å². The normalized spacial score (nSPS) is 10.2. The molecule has 0 saturated heterocycles. The Hall–Kier alpha value is -1.84. The number of nitrogens with zero attached hydrogens (tertiary/aromatic N) is 2. The van der Waals surface area contributed by atoms with E-state index in [0.717, 1.165) is 11.9 Å². The van der Waals surface area contributed by atoms with E-state index in [1.165, 1.54) is 4.90 Å². The number of anilines is 1. The standard InChI is InChI=1S/C9H10N2O2/c1-11(9(12)7-10-13)8-5-3-2-4-6-8/h2-7,13H,1H3/b10-7+. The lowest BCUT2D eigenvalue weighted by Gasteiger charge is -2.13. The Labute approximate surface area is 76.1 Å². The Morgan fingerprint density at radius 3 is 2.62 bits per heavy atom. The minimum Gasteiger partial charge on any atom is -0.411 e. The summed E-state index contributed by atoms with van der Waals surface area (Å²) in [6.45, 7) is 0. The van der Waals surface area contributed by atoms with Crippen LogP contribution < -0.4 is 4.90 Å². The highest BCUT2D eigenvalue weighted by atomic mass is 16.4. The molecule has 0 spiro atoms. The Morgan fingerprint density at radius 2 is 2.08 bits per heavy atom. The number of oxime groups is 1. The number of hydrogen-bond acceptors (Lipinski definition) is 3. The molecule has 13 heavy (non-hydrogen) atoms. The SMILES string of the molecule is CN(C(=O)/C=N/O)c1ccccc1. The molecular formula is C9H10N2O2. The third kappa shape index (κ3) is 2.30. The number of benzene rings is 1. The summed E-state index contributed by atoms with van der Waals surface area (Å²) in [6, 6.07) is 9.11. The van der Waals surface area contributed by atoms with Gasteiger partial charge < -0.3 is 10.1 Å². The molecule has 1 amide bonds. The van der Waals surface area contributed by atoms with Gasteiger partial charge in [-0.05, 0) is 12.1 Å². The summed E-state index contributed by atoms with van der Waals surface area (Å²) < 4.78 is 0. The Bertz CT molecular complexity index is 309. The smallest absolute Gasteiger partial charge is 0.272 e. The molecule has 0 heterocycles. The van der Waals surface area contributed by atoms with Gasteiger partial charge in [-0.1, -0.05) is 23.4 Å². The van der Waals surface area contributed by atoms with E-state index in [9.17, 15) is 4.79 Å². The van der Waals surface area contributed by atoms with Crippen LogP contribution in [0.5, 0.6) is 0 Å². The molecule has 1 aromatic carbocycles. The molecule has 4 heteroatoms. The van der Waals surface area contributed by atoms with E-state index in [-0.39, 0.29) is 5.91 Å². The van der Waals surface area contributed by atoms with Crippen LogP contribution in [0.25, 0.3) is 0 Å². The number of carbonyl (C=O) groups excluding carboxylic acids is 1. The second-order valence-electron chi connectivity index (χ2n) is 2.48. The van der Waals surface area contributed by atoms with E-state index in [0.29, 0.717) is 0 Å². The van der Waals surface area contributed by atoms with Crippen LogP contribution in [0.4, 0.5) is 5.69 Å². The minimum atomic E-state index is -0.367. The molecule has 0 unspecified atom stereocenters. The predicted molar refractivity (Wildman–Crippen MR) is 50.1 cm³/mol. The molecule has 0 atom stereocenters. The van der Waals surface area contributed by atoms with E-state index in [4.69, 9.17) is 5.21 Å². The molecule has 1 N–H and O–H groups in total. The topological polar surface area (TPSA) is 52.9 Å². The summed E-state index contributed by atoms with van der Waals surface area (Å²) >= 11 is 0. The quantitative estimate of drug-likeness (QED) is 0.419. The molecule has 0 radical (unpaired) electrons. The maximum atomic E-state index is 11.2. The molecule has 0 bridgehead atoms. The number of carbonyl (C=O) groups is 1. The third-order valence-corrected chi connectivity index (χ3v) is 1.64. The Balaban J connectivity index is 2.79. The lowest BCUT2D eigenvalue weighted by molar-refractivity contribution is -0.112. The van der Waals surface area contributed by atoms with Crippen molar-refractivity contribution >= 4 is 17.8 Å². The van der Waals surface area contributed by atoms with Crippen LogP contribution in [0, 0.1) is 0 Å². The van der Waals surface area contributed by atoms with Gasteiger partial charge in [0.05, 0.1) is 0 Å².